The molecule has 2 aromatic heterocycles. The Morgan fingerprint density at radius 3 is 2.63 bits per heavy atom. The van der Waals surface area contributed by atoms with Gasteiger partial charge in [-0.1, -0.05) is 18.9 Å². The molecule has 1 aliphatic carbocycles. The average molecular weight is 404 g/mol. The van der Waals surface area contributed by atoms with Gasteiger partial charge in [0, 0.05) is 36.7 Å². The molecule has 0 atom stereocenters. The lowest BCUT2D eigenvalue weighted by Gasteiger charge is -2.43. The zero-order chi connectivity index (χ0) is 18.7. The molecule has 5 nitrogen and oxygen atoms in total. The van der Waals surface area contributed by atoms with Crippen molar-refractivity contribution in [3.05, 3.63) is 45.6 Å². The quantitative estimate of drug-likeness (QED) is 0.805. The van der Waals surface area contributed by atoms with Crippen LogP contribution in [0.4, 0.5) is 0 Å². The summed E-state index contributed by atoms with van der Waals surface area (Å²) in [5, 5.41) is 5.04. The van der Waals surface area contributed by atoms with Crippen LogP contribution in [-0.2, 0) is 0 Å². The molecular weight excluding hydrogens is 378 g/mol. The second-order valence-corrected chi connectivity index (χ2v) is 9.48. The van der Waals surface area contributed by atoms with Gasteiger partial charge in [-0.2, -0.15) is 11.8 Å². The third kappa shape index (κ3) is 4.00. The fourth-order valence-electron chi connectivity index (χ4n) is 4.24. The van der Waals surface area contributed by atoms with Gasteiger partial charge < -0.3 is 10.3 Å². The highest BCUT2D eigenvalue weighted by molar-refractivity contribution is 7.99. The molecule has 1 saturated heterocycles. The van der Waals surface area contributed by atoms with Crippen molar-refractivity contribution in [1.82, 2.24) is 15.2 Å². The average Bonchev–Trinajstić information content (AvgIpc) is 3.39. The van der Waals surface area contributed by atoms with Gasteiger partial charge in [0.05, 0.1) is 10.6 Å². The molecular formula is C20H25N3O2S2. The van der Waals surface area contributed by atoms with E-state index >= 15 is 0 Å². The maximum Gasteiger partial charge on any atom is 0.261 e. The highest BCUT2D eigenvalue weighted by Gasteiger charge is 2.40. The van der Waals surface area contributed by atoms with Crippen LogP contribution in [0.5, 0.6) is 0 Å². The van der Waals surface area contributed by atoms with Crippen LogP contribution < -0.4 is 10.9 Å². The number of nitrogens with one attached hydrogen (secondary N) is 2. The van der Waals surface area contributed by atoms with Gasteiger partial charge in [-0.05, 0) is 36.4 Å². The first kappa shape index (κ1) is 18.8. The van der Waals surface area contributed by atoms with Crippen molar-refractivity contribution in [3.8, 4) is 10.6 Å². The predicted molar refractivity (Wildman–Crippen MR) is 113 cm³/mol. The van der Waals surface area contributed by atoms with Gasteiger partial charge in [-0.25, -0.2) is 0 Å². The number of carbonyl (C=O) groups is 1. The minimum absolute atomic E-state index is 0.0698. The van der Waals surface area contributed by atoms with Gasteiger partial charge in [0.1, 0.15) is 5.56 Å². The van der Waals surface area contributed by atoms with Crippen molar-refractivity contribution in [2.75, 3.05) is 31.1 Å². The molecule has 1 amide bonds. The van der Waals surface area contributed by atoms with Gasteiger partial charge in [-0.3, -0.25) is 14.5 Å². The molecule has 4 rings (SSSR count). The number of rotatable bonds is 5. The van der Waals surface area contributed by atoms with Crippen molar-refractivity contribution in [1.29, 1.82) is 0 Å². The van der Waals surface area contributed by atoms with Crippen LogP contribution in [0.2, 0.25) is 0 Å². The van der Waals surface area contributed by atoms with E-state index in [0.717, 1.165) is 36.5 Å². The second-order valence-electron chi connectivity index (χ2n) is 7.31. The molecule has 27 heavy (non-hydrogen) atoms. The fourth-order valence-corrected chi connectivity index (χ4v) is 5.85. The molecule has 3 heterocycles. The number of aromatic amines is 1. The molecule has 7 heteroatoms. The Hall–Kier alpha value is -1.57. The molecule has 144 valence electrons. The Bertz CT molecular complexity index is 835. The molecule has 0 unspecified atom stereocenters. The Kier molecular flexibility index (Phi) is 5.71. The summed E-state index contributed by atoms with van der Waals surface area (Å²) in [5.41, 5.74) is 0.691. The number of hydrogen-bond acceptors (Lipinski definition) is 5. The molecule has 0 bridgehead atoms. The molecule has 0 radical (unpaired) electrons. The number of pyridine rings is 1. The Labute approximate surface area is 167 Å². The number of amides is 1. The Balaban J connectivity index is 1.46. The zero-order valence-corrected chi connectivity index (χ0v) is 17.0. The van der Waals surface area contributed by atoms with Crippen LogP contribution in [0.15, 0.2) is 34.4 Å². The Morgan fingerprint density at radius 2 is 1.96 bits per heavy atom. The first-order valence-electron chi connectivity index (χ1n) is 9.56. The van der Waals surface area contributed by atoms with Gasteiger partial charge in [-0.15, -0.1) is 11.3 Å². The SMILES string of the molecule is O=C(NCC1(N2CCSCC2)CCCC1)c1ccc(-c2cccs2)[nH]c1=O. The van der Waals surface area contributed by atoms with E-state index in [9.17, 15) is 9.59 Å². The van der Waals surface area contributed by atoms with Crippen LogP contribution in [0.1, 0.15) is 36.0 Å². The second kappa shape index (κ2) is 8.20. The summed E-state index contributed by atoms with van der Waals surface area (Å²) >= 11 is 3.57. The van der Waals surface area contributed by atoms with Gasteiger partial charge >= 0.3 is 0 Å². The maximum absolute atomic E-state index is 12.7. The topological polar surface area (TPSA) is 65.2 Å². The highest BCUT2D eigenvalue weighted by Crippen LogP contribution is 2.36. The summed E-state index contributed by atoms with van der Waals surface area (Å²) in [7, 11) is 0. The molecule has 2 aromatic rings. The van der Waals surface area contributed by atoms with Crippen molar-refractivity contribution >= 4 is 29.0 Å². The lowest BCUT2D eigenvalue weighted by molar-refractivity contribution is 0.0816. The first-order chi connectivity index (χ1) is 13.2. The molecule has 2 N–H and O–H groups in total. The van der Waals surface area contributed by atoms with Crippen molar-refractivity contribution in [2.24, 2.45) is 0 Å². The van der Waals surface area contributed by atoms with Crippen LogP contribution in [0.25, 0.3) is 10.6 Å². The van der Waals surface area contributed by atoms with Gasteiger partial charge in [0.25, 0.3) is 11.5 Å². The summed E-state index contributed by atoms with van der Waals surface area (Å²) in [6, 6.07) is 7.35. The van der Waals surface area contributed by atoms with E-state index in [0.29, 0.717) is 6.54 Å². The number of thioether (sulfide) groups is 1. The van der Waals surface area contributed by atoms with E-state index < -0.39 is 0 Å². The van der Waals surface area contributed by atoms with Crippen molar-refractivity contribution in [2.45, 2.75) is 31.2 Å². The summed E-state index contributed by atoms with van der Waals surface area (Å²) in [6.45, 7) is 2.82. The lowest BCUT2D eigenvalue weighted by Crippen LogP contribution is -2.56. The van der Waals surface area contributed by atoms with E-state index in [2.05, 4.69) is 15.2 Å². The number of hydrogen-bond donors (Lipinski definition) is 2. The molecule has 1 aliphatic heterocycles. The highest BCUT2D eigenvalue weighted by atomic mass is 32.2. The third-order valence-electron chi connectivity index (χ3n) is 5.73. The predicted octanol–water partition coefficient (Wildman–Crippen LogP) is 3.19. The minimum Gasteiger partial charge on any atom is -0.350 e. The number of aromatic nitrogens is 1. The summed E-state index contributed by atoms with van der Waals surface area (Å²) in [6.07, 6.45) is 4.70. The summed E-state index contributed by atoms with van der Waals surface area (Å²) in [4.78, 5) is 31.5. The normalized spacial score (nSPS) is 19.9. The van der Waals surface area contributed by atoms with E-state index in [1.165, 1.54) is 24.3 Å². The molecule has 2 aliphatic rings. The molecule has 1 saturated carbocycles. The minimum atomic E-state index is -0.326. The monoisotopic (exact) mass is 403 g/mol. The van der Waals surface area contributed by atoms with Crippen LogP contribution >= 0.6 is 23.1 Å². The van der Waals surface area contributed by atoms with Crippen LogP contribution in [-0.4, -0.2) is 52.5 Å². The van der Waals surface area contributed by atoms with Gasteiger partial charge in [0.15, 0.2) is 0 Å². The standard InChI is InChI=1S/C20H25N3O2S2/c24-18(15-5-6-16(22-19(15)25)17-4-3-11-27-17)21-14-20(7-1-2-8-20)23-9-12-26-13-10-23/h3-6,11H,1-2,7-10,12-14H2,(H,21,24)(H,22,25). The molecule has 0 aromatic carbocycles. The van der Waals surface area contributed by atoms with E-state index in [-0.39, 0.29) is 22.6 Å². The van der Waals surface area contributed by atoms with Crippen LogP contribution in [0, 0.1) is 0 Å². The summed E-state index contributed by atoms with van der Waals surface area (Å²) < 4.78 is 0. The first-order valence-corrected chi connectivity index (χ1v) is 11.6. The molecule has 2 fully saturated rings. The van der Waals surface area contributed by atoms with E-state index in [1.807, 2.05) is 35.3 Å². The van der Waals surface area contributed by atoms with Crippen LogP contribution in [0.3, 0.4) is 0 Å². The van der Waals surface area contributed by atoms with Crippen molar-refractivity contribution < 1.29 is 4.79 Å². The van der Waals surface area contributed by atoms with Crippen molar-refractivity contribution in [3.63, 3.8) is 0 Å². The smallest absolute Gasteiger partial charge is 0.261 e. The van der Waals surface area contributed by atoms with Gasteiger partial charge in [0.2, 0.25) is 0 Å². The number of carbonyl (C=O) groups excluding carboxylic acids is 1. The third-order valence-corrected chi connectivity index (χ3v) is 7.58. The molecule has 0 spiro atoms. The maximum atomic E-state index is 12.7. The zero-order valence-electron chi connectivity index (χ0n) is 15.3. The number of thiophene rings is 1. The number of H-pyrrole nitrogens is 1. The van der Waals surface area contributed by atoms with E-state index in [1.54, 1.807) is 17.4 Å². The fraction of sp³-hybridized carbons (Fsp3) is 0.500. The summed E-state index contributed by atoms with van der Waals surface area (Å²) in [5.74, 6) is 2.06. The Morgan fingerprint density at radius 1 is 1.19 bits per heavy atom. The van der Waals surface area contributed by atoms with E-state index in [4.69, 9.17) is 0 Å². The largest absolute Gasteiger partial charge is 0.350 e. The number of nitrogens with zero attached hydrogens (tertiary/aromatic N) is 1. The lowest BCUT2D eigenvalue weighted by atomic mass is 9.94.